The van der Waals surface area contributed by atoms with Gasteiger partial charge in [0.1, 0.15) is 0 Å². The second-order valence-corrected chi connectivity index (χ2v) is 4.82. The third-order valence-corrected chi connectivity index (χ3v) is 3.47. The number of carbonyl (C=O) groups is 1. The fraction of sp³-hybridized carbons (Fsp3) is 0.0714. The van der Waals surface area contributed by atoms with Crippen molar-refractivity contribution in [3.05, 3.63) is 63.6 Å². The number of carbonyl (C=O) groups excluding carboxylic acids is 1. The fourth-order valence-electron chi connectivity index (χ4n) is 1.65. The van der Waals surface area contributed by atoms with Gasteiger partial charge in [0, 0.05) is 0 Å². The summed E-state index contributed by atoms with van der Waals surface area (Å²) in [6, 6.07) is 8.43. The normalized spacial score (nSPS) is 10.4. The standard InChI is InChI=1S/C14H9Cl2F2NO/c15-9-4-1-3-8(13(9)16)7-12(20)19-11-6-2-5-10(17)14(11)18/h1-6H,7H2,(H,19,20). The summed E-state index contributed by atoms with van der Waals surface area (Å²) in [4.78, 5) is 11.8. The van der Waals surface area contributed by atoms with E-state index in [0.717, 1.165) is 6.07 Å². The first-order chi connectivity index (χ1) is 9.49. The minimum Gasteiger partial charge on any atom is -0.323 e. The molecular weight excluding hydrogens is 307 g/mol. The second kappa shape index (κ2) is 6.20. The van der Waals surface area contributed by atoms with Crippen LogP contribution in [-0.4, -0.2) is 5.91 Å². The monoisotopic (exact) mass is 315 g/mol. The summed E-state index contributed by atoms with van der Waals surface area (Å²) in [7, 11) is 0. The molecule has 104 valence electrons. The van der Waals surface area contributed by atoms with Gasteiger partial charge in [0.25, 0.3) is 0 Å². The highest BCUT2D eigenvalue weighted by atomic mass is 35.5. The maximum Gasteiger partial charge on any atom is 0.228 e. The van der Waals surface area contributed by atoms with E-state index < -0.39 is 17.5 Å². The Kier molecular flexibility index (Phi) is 4.57. The topological polar surface area (TPSA) is 29.1 Å². The van der Waals surface area contributed by atoms with E-state index in [1.807, 2.05) is 0 Å². The zero-order chi connectivity index (χ0) is 14.7. The molecule has 1 N–H and O–H groups in total. The van der Waals surface area contributed by atoms with Gasteiger partial charge >= 0.3 is 0 Å². The van der Waals surface area contributed by atoms with Crippen LogP contribution in [0.4, 0.5) is 14.5 Å². The lowest BCUT2D eigenvalue weighted by atomic mass is 10.1. The second-order valence-electron chi connectivity index (χ2n) is 4.04. The summed E-state index contributed by atoms with van der Waals surface area (Å²) in [6.07, 6.45) is -0.0879. The van der Waals surface area contributed by atoms with Crippen LogP contribution in [0.2, 0.25) is 10.0 Å². The van der Waals surface area contributed by atoms with E-state index in [-0.39, 0.29) is 17.1 Å². The van der Waals surface area contributed by atoms with E-state index >= 15 is 0 Å². The van der Waals surface area contributed by atoms with E-state index in [9.17, 15) is 13.6 Å². The lowest BCUT2D eigenvalue weighted by Gasteiger charge is -2.08. The molecule has 0 heterocycles. The van der Waals surface area contributed by atoms with Crippen molar-refractivity contribution in [3.63, 3.8) is 0 Å². The van der Waals surface area contributed by atoms with Crippen LogP contribution in [0, 0.1) is 11.6 Å². The largest absolute Gasteiger partial charge is 0.323 e. The Balaban J connectivity index is 2.13. The van der Waals surface area contributed by atoms with E-state index in [1.54, 1.807) is 18.2 Å². The van der Waals surface area contributed by atoms with Crippen LogP contribution >= 0.6 is 23.2 Å². The van der Waals surface area contributed by atoms with Gasteiger partial charge in [0.15, 0.2) is 11.6 Å². The van der Waals surface area contributed by atoms with E-state index in [0.29, 0.717) is 10.6 Å². The van der Waals surface area contributed by atoms with Gasteiger partial charge in [0.2, 0.25) is 5.91 Å². The van der Waals surface area contributed by atoms with E-state index in [1.165, 1.54) is 12.1 Å². The van der Waals surface area contributed by atoms with Crippen molar-refractivity contribution in [3.8, 4) is 0 Å². The van der Waals surface area contributed by atoms with Crippen molar-refractivity contribution in [1.29, 1.82) is 0 Å². The van der Waals surface area contributed by atoms with Crippen LogP contribution in [0.3, 0.4) is 0 Å². The number of nitrogens with one attached hydrogen (secondary N) is 1. The number of halogens is 4. The molecule has 0 aliphatic heterocycles. The smallest absolute Gasteiger partial charge is 0.228 e. The van der Waals surface area contributed by atoms with Gasteiger partial charge in [-0.2, -0.15) is 0 Å². The van der Waals surface area contributed by atoms with Gasteiger partial charge in [-0.05, 0) is 23.8 Å². The molecule has 0 aliphatic rings. The molecule has 0 unspecified atom stereocenters. The fourth-order valence-corrected chi connectivity index (χ4v) is 2.04. The molecule has 1 amide bonds. The third kappa shape index (κ3) is 3.26. The Bertz CT molecular complexity index is 606. The SMILES string of the molecule is O=C(Cc1cccc(Cl)c1Cl)Nc1cccc(F)c1F. The molecule has 0 saturated carbocycles. The molecule has 0 aliphatic carbocycles. The predicted octanol–water partition coefficient (Wildman–Crippen LogP) is 4.45. The zero-order valence-electron chi connectivity index (χ0n) is 10.1. The average Bonchev–Trinajstić information content (AvgIpc) is 2.40. The van der Waals surface area contributed by atoms with Crippen LogP contribution in [0.15, 0.2) is 36.4 Å². The Morgan fingerprint density at radius 1 is 1.10 bits per heavy atom. The molecular formula is C14H9Cl2F2NO. The Labute approximate surface area is 124 Å². The number of rotatable bonds is 3. The highest BCUT2D eigenvalue weighted by Gasteiger charge is 2.13. The highest BCUT2D eigenvalue weighted by molar-refractivity contribution is 6.42. The van der Waals surface area contributed by atoms with Crippen molar-refractivity contribution in [1.82, 2.24) is 0 Å². The van der Waals surface area contributed by atoms with Crippen LogP contribution < -0.4 is 5.32 Å². The van der Waals surface area contributed by atoms with Crippen molar-refractivity contribution >= 4 is 34.8 Å². The molecule has 20 heavy (non-hydrogen) atoms. The van der Waals surface area contributed by atoms with Crippen LogP contribution in [0.25, 0.3) is 0 Å². The van der Waals surface area contributed by atoms with E-state index in [2.05, 4.69) is 5.32 Å². The number of amides is 1. The molecule has 2 nitrogen and oxygen atoms in total. The molecule has 0 saturated heterocycles. The third-order valence-electron chi connectivity index (χ3n) is 2.61. The molecule has 0 bridgehead atoms. The summed E-state index contributed by atoms with van der Waals surface area (Å²) in [5, 5.41) is 2.89. The molecule has 0 aromatic heterocycles. The number of hydrogen-bond acceptors (Lipinski definition) is 1. The molecule has 0 spiro atoms. The Hall–Kier alpha value is -1.65. The first kappa shape index (κ1) is 14.8. The quantitative estimate of drug-likeness (QED) is 0.890. The maximum atomic E-state index is 13.4. The molecule has 0 fully saturated rings. The van der Waals surface area contributed by atoms with Gasteiger partial charge in [-0.25, -0.2) is 8.78 Å². The summed E-state index contributed by atoms with van der Waals surface area (Å²) in [5.41, 5.74) is 0.293. The van der Waals surface area contributed by atoms with Crippen LogP contribution in [0.5, 0.6) is 0 Å². The predicted molar refractivity (Wildman–Crippen MR) is 75.2 cm³/mol. The first-order valence-electron chi connectivity index (χ1n) is 5.66. The zero-order valence-corrected chi connectivity index (χ0v) is 11.6. The minimum absolute atomic E-state index is 0.0879. The lowest BCUT2D eigenvalue weighted by Crippen LogP contribution is -2.16. The number of benzene rings is 2. The van der Waals surface area contributed by atoms with Gasteiger partial charge in [-0.3, -0.25) is 4.79 Å². The lowest BCUT2D eigenvalue weighted by molar-refractivity contribution is -0.115. The van der Waals surface area contributed by atoms with Gasteiger partial charge in [-0.15, -0.1) is 0 Å². The van der Waals surface area contributed by atoms with Gasteiger partial charge in [0.05, 0.1) is 22.2 Å². The molecule has 0 radical (unpaired) electrons. The molecule has 2 aromatic rings. The first-order valence-corrected chi connectivity index (χ1v) is 6.41. The Morgan fingerprint density at radius 3 is 2.55 bits per heavy atom. The molecule has 6 heteroatoms. The molecule has 2 rings (SSSR count). The van der Waals surface area contributed by atoms with Gasteiger partial charge in [-0.1, -0.05) is 41.4 Å². The van der Waals surface area contributed by atoms with Crippen molar-refractivity contribution in [2.75, 3.05) is 5.32 Å². The highest BCUT2D eigenvalue weighted by Crippen LogP contribution is 2.26. The summed E-state index contributed by atoms with van der Waals surface area (Å²) >= 11 is 11.8. The molecule has 0 atom stereocenters. The van der Waals surface area contributed by atoms with Gasteiger partial charge < -0.3 is 5.32 Å². The van der Waals surface area contributed by atoms with Crippen molar-refractivity contribution in [2.45, 2.75) is 6.42 Å². The summed E-state index contributed by atoms with van der Waals surface area (Å²) in [5.74, 6) is -2.64. The average molecular weight is 316 g/mol. The number of hydrogen-bond donors (Lipinski definition) is 1. The Morgan fingerprint density at radius 2 is 1.80 bits per heavy atom. The van der Waals surface area contributed by atoms with Crippen LogP contribution in [0.1, 0.15) is 5.56 Å². The van der Waals surface area contributed by atoms with Crippen LogP contribution in [-0.2, 0) is 11.2 Å². The maximum absolute atomic E-state index is 13.4. The summed E-state index contributed by atoms with van der Waals surface area (Å²) in [6.45, 7) is 0. The number of anilines is 1. The van der Waals surface area contributed by atoms with Crippen molar-refractivity contribution in [2.24, 2.45) is 0 Å². The van der Waals surface area contributed by atoms with Crippen molar-refractivity contribution < 1.29 is 13.6 Å². The minimum atomic E-state index is -1.10. The molecule has 2 aromatic carbocycles. The van der Waals surface area contributed by atoms with E-state index in [4.69, 9.17) is 23.2 Å². The summed E-state index contributed by atoms with van der Waals surface area (Å²) < 4.78 is 26.4.